The van der Waals surface area contributed by atoms with Crippen molar-refractivity contribution in [3.8, 4) is 0 Å². The minimum atomic E-state index is -0.167. The molecule has 0 saturated heterocycles. The van der Waals surface area contributed by atoms with Crippen molar-refractivity contribution >= 4 is 11.6 Å². The number of carbonyl (C=O) groups is 2. The molecule has 0 aromatic rings. The molecule has 0 radical (unpaired) electrons. The highest BCUT2D eigenvalue weighted by atomic mass is 16.3. The van der Waals surface area contributed by atoms with Crippen LogP contribution in [0.4, 0.5) is 0 Å². The Labute approximate surface area is 67.4 Å². The Balaban J connectivity index is 0. The van der Waals surface area contributed by atoms with Crippen LogP contribution in [0.2, 0.25) is 0 Å². The van der Waals surface area contributed by atoms with Gasteiger partial charge in [0.05, 0.1) is 6.42 Å². The van der Waals surface area contributed by atoms with Crippen molar-refractivity contribution in [2.45, 2.75) is 40.2 Å². The van der Waals surface area contributed by atoms with Gasteiger partial charge in [-0.25, -0.2) is 0 Å². The first kappa shape index (κ1) is 12.9. The molecule has 0 saturated carbocycles. The number of Topliss-reactive ketones (excluding diaryl/α,β-unsaturated/α-hetero) is 2. The summed E-state index contributed by atoms with van der Waals surface area (Å²) in [5.74, 6) is -0.125. The lowest BCUT2D eigenvalue weighted by Gasteiger charge is -1.81. The Kier molecular flexibility index (Phi) is 8.71. The quantitative estimate of drug-likeness (QED) is 0.612. The van der Waals surface area contributed by atoms with Crippen molar-refractivity contribution in [1.29, 1.82) is 0 Å². The molecule has 0 amide bonds. The fourth-order valence-corrected chi connectivity index (χ4v) is 0.351. The lowest BCUT2D eigenvalue weighted by atomic mass is 10.2. The summed E-state index contributed by atoms with van der Waals surface area (Å²) >= 11 is 0. The number of carbonyl (C=O) groups excluding carboxylic acids is 2. The molecule has 0 unspecified atom stereocenters. The molecule has 0 fully saturated rings. The molecule has 3 heteroatoms. The first-order valence-electron chi connectivity index (χ1n) is 3.53. The maximum Gasteiger partial charge on any atom is 0.137 e. The van der Waals surface area contributed by atoms with Crippen LogP contribution in [0.15, 0.2) is 0 Å². The van der Waals surface area contributed by atoms with Gasteiger partial charge in [0.2, 0.25) is 0 Å². The number of ketones is 2. The minimum Gasteiger partial charge on any atom is -0.394 e. The lowest BCUT2D eigenvalue weighted by molar-refractivity contribution is -0.124. The van der Waals surface area contributed by atoms with E-state index in [-0.39, 0.29) is 24.1 Å². The molecular formula is C8H16O3. The number of hydrogen-bond acceptors (Lipinski definition) is 3. The zero-order valence-electron chi connectivity index (χ0n) is 7.55. The van der Waals surface area contributed by atoms with Crippen LogP contribution in [0.1, 0.15) is 34.1 Å². The zero-order chi connectivity index (χ0) is 9.44. The number of rotatable bonds is 2. The molecule has 0 atom stereocenters. The summed E-state index contributed by atoms with van der Waals surface area (Å²) in [6, 6.07) is 0. The summed E-state index contributed by atoms with van der Waals surface area (Å²) in [6.45, 7) is 6.25. The van der Waals surface area contributed by atoms with E-state index in [4.69, 9.17) is 5.11 Å². The second kappa shape index (κ2) is 7.41. The first-order valence-corrected chi connectivity index (χ1v) is 3.53. The van der Waals surface area contributed by atoms with Gasteiger partial charge < -0.3 is 5.11 Å². The number of aliphatic hydroxyl groups is 1. The van der Waals surface area contributed by atoms with Crippen LogP contribution < -0.4 is 0 Å². The summed E-state index contributed by atoms with van der Waals surface area (Å²) in [5.41, 5.74) is 0. The third kappa shape index (κ3) is 45.5. The smallest absolute Gasteiger partial charge is 0.137 e. The molecule has 0 aromatic heterocycles. The standard InChI is InChI=1S/C5H8O2.C3H8O/c1-4(6)3-5(2)7;1-3(2)4/h3H2,1-2H3;3-4H,1-2H3. The second-order valence-electron chi connectivity index (χ2n) is 2.67. The highest BCUT2D eigenvalue weighted by Crippen LogP contribution is 1.80. The van der Waals surface area contributed by atoms with Crippen LogP contribution in [-0.4, -0.2) is 22.8 Å². The van der Waals surface area contributed by atoms with E-state index in [9.17, 15) is 9.59 Å². The van der Waals surface area contributed by atoms with Crippen LogP contribution in [0.3, 0.4) is 0 Å². The summed E-state index contributed by atoms with van der Waals surface area (Å²) in [6.07, 6.45) is -0.0833. The normalized spacial score (nSPS) is 8.55. The van der Waals surface area contributed by atoms with Crippen molar-refractivity contribution in [2.75, 3.05) is 0 Å². The van der Waals surface area contributed by atoms with Gasteiger partial charge in [-0.15, -0.1) is 0 Å². The third-order valence-corrected chi connectivity index (χ3v) is 0.498. The Morgan fingerprint density at radius 3 is 1.36 bits per heavy atom. The molecule has 66 valence electrons. The van der Waals surface area contributed by atoms with Gasteiger partial charge in [0, 0.05) is 6.10 Å². The minimum absolute atomic E-state index is 0.0625. The van der Waals surface area contributed by atoms with Crippen molar-refractivity contribution < 1.29 is 14.7 Å². The van der Waals surface area contributed by atoms with Gasteiger partial charge in [0.25, 0.3) is 0 Å². The molecule has 1 N–H and O–H groups in total. The Bertz CT molecular complexity index is 113. The fourth-order valence-electron chi connectivity index (χ4n) is 0.351. The second-order valence-corrected chi connectivity index (χ2v) is 2.67. The monoisotopic (exact) mass is 160 g/mol. The lowest BCUT2D eigenvalue weighted by Crippen LogP contribution is -1.97. The van der Waals surface area contributed by atoms with Gasteiger partial charge >= 0.3 is 0 Å². The summed E-state index contributed by atoms with van der Waals surface area (Å²) in [5, 5.41) is 8.06. The number of hydrogen-bond donors (Lipinski definition) is 1. The van der Waals surface area contributed by atoms with E-state index >= 15 is 0 Å². The van der Waals surface area contributed by atoms with Crippen LogP contribution in [0.25, 0.3) is 0 Å². The fraction of sp³-hybridized carbons (Fsp3) is 0.750. The molecule has 0 aliphatic rings. The van der Waals surface area contributed by atoms with E-state index in [0.717, 1.165) is 0 Å². The van der Waals surface area contributed by atoms with Gasteiger partial charge in [-0.1, -0.05) is 0 Å². The molecule has 3 nitrogen and oxygen atoms in total. The molecule has 11 heavy (non-hydrogen) atoms. The number of aliphatic hydroxyl groups excluding tert-OH is 1. The van der Waals surface area contributed by atoms with E-state index in [1.807, 2.05) is 0 Å². The van der Waals surface area contributed by atoms with Crippen molar-refractivity contribution in [3.05, 3.63) is 0 Å². The zero-order valence-corrected chi connectivity index (χ0v) is 7.55. The predicted molar refractivity (Wildman–Crippen MR) is 43.3 cm³/mol. The van der Waals surface area contributed by atoms with Gasteiger partial charge in [0.15, 0.2) is 0 Å². The molecule has 0 aromatic carbocycles. The van der Waals surface area contributed by atoms with E-state index in [1.54, 1.807) is 13.8 Å². The maximum atomic E-state index is 10.0. The van der Waals surface area contributed by atoms with Crippen molar-refractivity contribution in [1.82, 2.24) is 0 Å². The third-order valence-electron chi connectivity index (χ3n) is 0.498. The highest BCUT2D eigenvalue weighted by molar-refractivity contribution is 5.96. The van der Waals surface area contributed by atoms with Gasteiger partial charge in [-0.2, -0.15) is 0 Å². The van der Waals surface area contributed by atoms with Gasteiger partial charge in [-0.05, 0) is 27.7 Å². The van der Waals surface area contributed by atoms with E-state index in [1.165, 1.54) is 13.8 Å². The van der Waals surface area contributed by atoms with E-state index in [2.05, 4.69) is 0 Å². The van der Waals surface area contributed by atoms with Crippen LogP contribution in [0.5, 0.6) is 0 Å². The van der Waals surface area contributed by atoms with Crippen LogP contribution in [-0.2, 0) is 9.59 Å². The van der Waals surface area contributed by atoms with Gasteiger partial charge in [0.1, 0.15) is 11.6 Å². The Morgan fingerprint density at radius 2 is 1.36 bits per heavy atom. The summed E-state index contributed by atoms with van der Waals surface area (Å²) in [7, 11) is 0. The molecule has 0 bridgehead atoms. The molecule has 0 heterocycles. The Hall–Kier alpha value is -0.700. The average molecular weight is 160 g/mol. The summed E-state index contributed by atoms with van der Waals surface area (Å²) < 4.78 is 0. The largest absolute Gasteiger partial charge is 0.394 e. The molecular weight excluding hydrogens is 144 g/mol. The average Bonchev–Trinajstić information content (AvgIpc) is 1.56. The first-order chi connectivity index (χ1) is 4.86. The molecule has 0 aliphatic heterocycles. The van der Waals surface area contributed by atoms with Crippen LogP contribution in [0, 0.1) is 0 Å². The molecule has 0 aliphatic carbocycles. The topological polar surface area (TPSA) is 54.4 Å². The van der Waals surface area contributed by atoms with Crippen molar-refractivity contribution in [2.24, 2.45) is 0 Å². The SMILES string of the molecule is CC(=O)CC(C)=O.CC(C)O. The summed E-state index contributed by atoms with van der Waals surface area (Å²) in [4.78, 5) is 20.1. The van der Waals surface area contributed by atoms with E-state index in [0.29, 0.717) is 0 Å². The molecule has 0 rings (SSSR count). The van der Waals surface area contributed by atoms with Gasteiger partial charge in [-0.3, -0.25) is 9.59 Å². The van der Waals surface area contributed by atoms with E-state index < -0.39 is 0 Å². The Morgan fingerprint density at radius 1 is 1.18 bits per heavy atom. The van der Waals surface area contributed by atoms with Crippen molar-refractivity contribution in [3.63, 3.8) is 0 Å². The predicted octanol–water partition coefficient (Wildman–Crippen LogP) is 0.942. The highest BCUT2D eigenvalue weighted by Gasteiger charge is 1.94. The van der Waals surface area contributed by atoms with Crippen LogP contribution >= 0.6 is 0 Å². The maximum absolute atomic E-state index is 10.0. The molecule has 0 spiro atoms.